The molecular weight excluding hydrogens is 317 g/mol. The smallest absolute Gasteiger partial charge is 0.270 e. The zero-order valence-electron chi connectivity index (χ0n) is 14.5. The molecule has 0 aliphatic heterocycles. The first-order chi connectivity index (χ1) is 11.9. The standard InChI is InChI=1S/C20H20FN3O/c1-13(2)22-20(25)19-12-18(15-7-9-16(21)10-8-15)23-24(19)17-6-4-5-14(3)11-17/h4-13H,1-3H3,(H,22,25). The van der Waals surface area contributed by atoms with Crippen LogP contribution in [0.1, 0.15) is 29.9 Å². The Hall–Kier alpha value is -2.95. The lowest BCUT2D eigenvalue weighted by Crippen LogP contribution is -2.31. The molecule has 0 bridgehead atoms. The van der Waals surface area contributed by atoms with Gasteiger partial charge in [0.2, 0.25) is 0 Å². The van der Waals surface area contributed by atoms with E-state index in [1.165, 1.54) is 12.1 Å². The molecule has 0 aliphatic rings. The predicted molar refractivity (Wildman–Crippen MR) is 96.3 cm³/mol. The molecular formula is C20H20FN3O. The minimum Gasteiger partial charge on any atom is -0.349 e. The maximum absolute atomic E-state index is 13.2. The fourth-order valence-electron chi connectivity index (χ4n) is 2.60. The van der Waals surface area contributed by atoms with Gasteiger partial charge < -0.3 is 5.32 Å². The number of amides is 1. The molecule has 0 saturated heterocycles. The summed E-state index contributed by atoms with van der Waals surface area (Å²) in [7, 11) is 0. The van der Waals surface area contributed by atoms with Crippen LogP contribution in [0.2, 0.25) is 0 Å². The molecule has 25 heavy (non-hydrogen) atoms. The molecule has 3 aromatic rings. The number of carbonyl (C=O) groups excluding carboxylic acids is 1. The van der Waals surface area contributed by atoms with E-state index in [1.807, 2.05) is 45.0 Å². The van der Waals surface area contributed by atoms with Crippen molar-refractivity contribution in [1.29, 1.82) is 0 Å². The number of carbonyl (C=O) groups is 1. The molecule has 1 heterocycles. The van der Waals surface area contributed by atoms with Gasteiger partial charge in [0, 0.05) is 11.6 Å². The second-order valence-electron chi connectivity index (χ2n) is 6.30. The Bertz CT molecular complexity index is 898. The molecule has 5 heteroatoms. The van der Waals surface area contributed by atoms with Gasteiger partial charge in [0.15, 0.2) is 0 Å². The van der Waals surface area contributed by atoms with E-state index in [9.17, 15) is 9.18 Å². The Balaban J connectivity index is 2.11. The third-order valence-corrected chi connectivity index (χ3v) is 3.75. The molecule has 2 aromatic carbocycles. The van der Waals surface area contributed by atoms with Crippen LogP contribution in [0.15, 0.2) is 54.6 Å². The van der Waals surface area contributed by atoms with E-state index in [0.29, 0.717) is 11.4 Å². The average Bonchev–Trinajstić information content (AvgIpc) is 3.00. The van der Waals surface area contributed by atoms with Crippen LogP contribution in [0, 0.1) is 12.7 Å². The van der Waals surface area contributed by atoms with Crippen molar-refractivity contribution in [2.75, 3.05) is 0 Å². The number of nitrogens with zero attached hydrogens (tertiary/aromatic N) is 2. The highest BCUT2D eigenvalue weighted by Gasteiger charge is 2.18. The van der Waals surface area contributed by atoms with Gasteiger partial charge in [0.25, 0.3) is 5.91 Å². The van der Waals surface area contributed by atoms with Crippen molar-refractivity contribution in [2.24, 2.45) is 0 Å². The quantitative estimate of drug-likeness (QED) is 0.778. The summed E-state index contributed by atoms with van der Waals surface area (Å²) in [5.74, 6) is -0.503. The molecule has 0 radical (unpaired) electrons. The number of rotatable bonds is 4. The maximum atomic E-state index is 13.2. The number of aromatic nitrogens is 2. The first-order valence-corrected chi connectivity index (χ1v) is 8.18. The molecule has 0 spiro atoms. The molecule has 1 aromatic heterocycles. The van der Waals surface area contributed by atoms with Crippen LogP contribution in [-0.4, -0.2) is 21.7 Å². The Kier molecular flexibility index (Phi) is 4.65. The molecule has 4 nitrogen and oxygen atoms in total. The van der Waals surface area contributed by atoms with Crippen molar-refractivity contribution in [1.82, 2.24) is 15.1 Å². The van der Waals surface area contributed by atoms with E-state index in [0.717, 1.165) is 16.8 Å². The highest BCUT2D eigenvalue weighted by molar-refractivity contribution is 5.94. The third-order valence-electron chi connectivity index (χ3n) is 3.75. The molecule has 0 fully saturated rings. The minimum absolute atomic E-state index is 0.0163. The van der Waals surface area contributed by atoms with E-state index in [-0.39, 0.29) is 17.8 Å². The van der Waals surface area contributed by atoms with Crippen molar-refractivity contribution in [2.45, 2.75) is 26.8 Å². The van der Waals surface area contributed by atoms with Crippen molar-refractivity contribution in [3.05, 3.63) is 71.7 Å². The van der Waals surface area contributed by atoms with Crippen molar-refractivity contribution >= 4 is 5.91 Å². The van der Waals surface area contributed by atoms with Crippen LogP contribution in [0.25, 0.3) is 16.9 Å². The lowest BCUT2D eigenvalue weighted by Gasteiger charge is -2.10. The molecule has 0 atom stereocenters. The number of benzene rings is 2. The summed E-state index contributed by atoms with van der Waals surface area (Å²) >= 11 is 0. The number of hydrogen-bond acceptors (Lipinski definition) is 2. The van der Waals surface area contributed by atoms with E-state index < -0.39 is 0 Å². The maximum Gasteiger partial charge on any atom is 0.270 e. The van der Waals surface area contributed by atoms with Gasteiger partial charge in [-0.05, 0) is 68.8 Å². The highest BCUT2D eigenvalue weighted by atomic mass is 19.1. The van der Waals surface area contributed by atoms with Crippen LogP contribution in [0.5, 0.6) is 0 Å². The third kappa shape index (κ3) is 3.76. The molecule has 1 N–H and O–H groups in total. The second-order valence-corrected chi connectivity index (χ2v) is 6.30. The zero-order valence-corrected chi connectivity index (χ0v) is 14.5. The van der Waals surface area contributed by atoms with Crippen LogP contribution in [-0.2, 0) is 0 Å². The van der Waals surface area contributed by atoms with Gasteiger partial charge in [0.05, 0.1) is 11.4 Å². The summed E-state index contributed by atoms with van der Waals surface area (Å²) in [4.78, 5) is 12.6. The van der Waals surface area contributed by atoms with E-state index in [2.05, 4.69) is 10.4 Å². The van der Waals surface area contributed by atoms with Gasteiger partial charge in [-0.2, -0.15) is 5.10 Å². The number of aryl methyl sites for hydroxylation is 1. The molecule has 128 valence electrons. The van der Waals surface area contributed by atoms with Gasteiger partial charge >= 0.3 is 0 Å². The Morgan fingerprint density at radius 2 is 1.84 bits per heavy atom. The van der Waals surface area contributed by atoms with E-state index in [1.54, 1.807) is 22.9 Å². The van der Waals surface area contributed by atoms with Crippen molar-refractivity contribution in [3.8, 4) is 16.9 Å². The van der Waals surface area contributed by atoms with Gasteiger partial charge in [-0.1, -0.05) is 12.1 Å². The lowest BCUT2D eigenvalue weighted by molar-refractivity contribution is 0.0935. The summed E-state index contributed by atoms with van der Waals surface area (Å²) in [5.41, 5.74) is 3.70. The highest BCUT2D eigenvalue weighted by Crippen LogP contribution is 2.22. The predicted octanol–water partition coefficient (Wildman–Crippen LogP) is 4.13. The molecule has 0 aliphatic carbocycles. The Morgan fingerprint density at radius 3 is 2.48 bits per heavy atom. The fourth-order valence-corrected chi connectivity index (χ4v) is 2.60. The minimum atomic E-state index is -0.306. The van der Waals surface area contributed by atoms with E-state index >= 15 is 0 Å². The average molecular weight is 337 g/mol. The SMILES string of the molecule is Cc1cccc(-n2nc(-c3ccc(F)cc3)cc2C(=O)NC(C)C)c1. The zero-order chi connectivity index (χ0) is 18.0. The van der Waals surface area contributed by atoms with Gasteiger partial charge in [-0.15, -0.1) is 0 Å². The van der Waals surface area contributed by atoms with Gasteiger partial charge in [0.1, 0.15) is 11.5 Å². The monoisotopic (exact) mass is 337 g/mol. The number of hydrogen-bond donors (Lipinski definition) is 1. The topological polar surface area (TPSA) is 46.9 Å². The van der Waals surface area contributed by atoms with Crippen molar-refractivity contribution < 1.29 is 9.18 Å². The summed E-state index contributed by atoms with van der Waals surface area (Å²) in [5, 5.41) is 7.48. The second kappa shape index (κ2) is 6.89. The molecule has 1 amide bonds. The first-order valence-electron chi connectivity index (χ1n) is 8.18. The summed E-state index contributed by atoms with van der Waals surface area (Å²) in [6, 6.07) is 15.6. The lowest BCUT2D eigenvalue weighted by atomic mass is 10.1. The Labute approximate surface area is 146 Å². The number of nitrogens with one attached hydrogen (secondary N) is 1. The van der Waals surface area contributed by atoms with Crippen LogP contribution < -0.4 is 5.32 Å². The Morgan fingerprint density at radius 1 is 1.12 bits per heavy atom. The number of halogens is 1. The normalized spacial score (nSPS) is 10.9. The summed E-state index contributed by atoms with van der Waals surface area (Å²) < 4.78 is 14.8. The molecule has 0 unspecified atom stereocenters. The summed E-state index contributed by atoms with van der Waals surface area (Å²) in [6.45, 7) is 5.81. The fraction of sp³-hybridized carbons (Fsp3) is 0.200. The molecule has 0 saturated carbocycles. The largest absolute Gasteiger partial charge is 0.349 e. The van der Waals surface area contributed by atoms with Gasteiger partial charge in [-0.3, -0.25) is 4.79 Å². The van der Waals surface area contributed by atoms with Crippen LogP contribution in [0.4, 0.5) is 4.39 Å². The molecule has 3 rings (SSSR count). The first kappa shape index (κ1) is 16.9. The van der Waals surface area contributed by atoms with Crippen LogP contribution >= 0.6 is 0 Å². The van der Waals surface area contributed by atoms with Crippen LogP contribution in [0.3, 0.4) is 0 Å². The summed E-state index contributed by atoms with van der Waals surface area (Å²) in [6.07, 6.45) is 0. The van der Waals surface area contributed by atoms with Gasteiger partial charge in [-0.25, -0.2) is 9.07 Å². The van der Waals surface area contributed by atoms with E-state index in [4.69, 9.17) is 0 Å². The van der Waals surface area contributed by atoms with Crippen molar-refractivity contribution in [3.63, 3.8) is 0 Å².